The molecule has 3 aromatic heterocycles. The van der Waals surface area contributed by atoms with E-state index in [-0.39, 0.29) is 11.1 Å². The Morgan fingerprint density at radius 2 is 0.878 bits per heavy atom. The Labute approximate surface area is 239 Å². The first kappa shape index (κ1) is 24.0. The van der Waals surface area contributed by atoms with Crippen molar-refractivity contribution in [2.45, 2.75) is 0 Å². The average Bonchev–Trinajstić information content (AvgIpc) is 3.65. The maximum absolute atomic E-state index is 9.95. The normalized spacial score (nSPS) is 11.7. The molecule has 6 nitrogen and oxygen atoms in total. The summed E-state index contributed by atoms with van der Waals surface area (Å²) in [6, 6.07) is 28.2. The summed E-state index contributed by atoms with van der Waals surface area (Å²) >= 11 is 1.42. The number of pyridine rings is 2. The van der Waals surface area contributed by atoms with Crippen LogP contribution in [0.5, 0.6) is 0 Å². The van der Waals surface area contributed by atoms with Crippen LogP contribution < -0.4 is 0 Å². The lowest BCUT2D eigenvalue weighted by Gasteiger charge is -2.09. The van der Waals surface area contributed by atoms with Gasteiger partial charge in [0.15, 0.2) is 0 Å². The van der Waals surface area contributed by atoms with Crippen LogP contribution >= 0.6 is 11.3 Å². The lowest BCUT2D eigenvalue weighted by atomic mass is 9.94. The zero-order valence-electron chi connectivity index (χ0n) is 21.2. The lowest BCUT2D eigenvalue weighted by Crippen LogP contribution is -1.89. The van der Waals surface area contributed by atoms with E-state index in [1.807, 2.05) is 60.7 Å². The smallest absolute Gasteiger partial charge is 0.138 e. The fourth-order valence-corrected chi connectivity index (χ4v) is 7.16. The van der Waals surface area contributed by atoms with Gasteiger partial charge in [-0.3, -0.25) is 9.97 Å². The van der Waals surface area contributed by atoms with Gasteiger partial charge >= 0.3 is 0 Å². The van der Waals surface area contributed by atoms with Crippen molar-refractivity contribution in [3.05, 3.63) is 117 Å². The van der Waals surface area contributed by atoms with Crippen LogP contribution in [0.2, 0.25) is 0 Å². The number of aromatic nitrogens is 2. The van der Waals surface area contributed by atoms with Crippen molar-refractivity contribution >= 4 is 22.5 Å². The van der Waals surface area contributed by atoms with Gasteiger partial charge in [0.05, 0.1) is 0 Å². The second-order valence-electron chi connectivity index (χ2n) is 9.45. The van der Waals surface area contributed by atoms with Crippen LogP contribution in [0.1, 0.15) is 20.9 Å². The molecule has 2 aromatic carbocycles. The molecule has 0 amide bonds. The molecule has 2 aliphatic carbocycles. The Bertz CT molecular complexity index is 1990. The Kier molecular flexibility index (Phi) is 5.41. The number of nitrogens with zero attached hydrogens (tertiary/aromatic N) is 6. The van der Waals surface area contributed by atoms with Crippen molar-refractivity contribution < 1.29 is 0 Å². The molecule has 186 valence electrons. The van der Waals surface area contributed by atoms with E-state index in [4.69, 9.17) is 0 Å². The van der Waals surface area contributed by atoms with Crippen molar-refractivity contribution in [1.29, 1.82) is 21.0 Å². The summed E-state index contributed by atoms with van der Waals surface area (Å²) in [7, 11) is 0. The van der Waals surface area contributed by atoms with E-state index in [0.29, 0.717) is 11.1 Å². The number of thiophene rings is 1. The molecule has 0 unspecified atom stereocenters. The molecule has 41 heavy (non-hydrogen) atoms. The lowest BCUT2D eigenvalue weighted by molar-refractivity contribution is 1.33. The molecule has 0 atom stereocenters. The average molecular weight is 539 g/mol. The molecule has 0 spiro atoms. The van der Waals surface area contributed by atoms with Gasteiger partial charge in [-0.25, -0.2) is 0 Å². The summed E-state index contributed by atoms with van der Waals surface area (Å²) in [6.45, 7) is 0. The minimum absolute atomic E-state index is 0.0244. The predicted molar refractivity (Wildman–Crippen MR) is 156 cm³/mol. The van der Waals surface area contributed by atoms with Gasteiger partial charge in [0.25, 0.3) is 0 Å². The fourth-order valence-electron chi connectivity index (χ4n) is 5.70. The van der Waals surface area contributed by atoms with Gasteiger partial charge in [-0.15, -0.1) is 11.3 Å². The zero-order valence-corrected chi connectivity index (χ0v) is 22.0. The van der Waals surface area contributed by atoms with E-state index < -0.39 is 0 Å². The summed E-state index contributed by atoms with van der Waals surface area (Å²) in [5, 5.41) is 39.8. The molecular weight excluding hydrogens is 524 g/mol. The molecule has 7 rings (SSSR count). The topological polar surface area (TPSA) is 121 Å². The number of allylic oxidation sites excluding steroid dienone is 2. The maximum Gasteiger partial charge on any atom is 0.138 e. The second-order valence-corrected chi connectivity index (χ2v) is 10.5. The highest BCUT2D eigenvalue weighted by molar-refractivity contribution is 7.16. The molecule has 0 radical (unpaired) electrons. The van der Waals surface area contributed by atoms with E-state index in [1.165, 1.54) is 11.3 Å². The van der Waals surface area contributed by atoms with Gasteiger partial charge in [0.2, 0.25) is 0 Å². The standard InChI is InChI=1S/C34H14N6S/c35-15-23(16-36)29-27-13-21(19-5-9-39-10-6-19)1-3-25(27)31-32-26-4-2-22(20-7-11-40-12-8-20)14-28(26)30(24(17-37)18-38)34(32)41-33(29)31/h1-14H. The van der Waals surface area contributed by atoms with Gasteiger partial charge in [-0.1, -0.05) is 24.3 Å². The summed E-state index contributed by atoms with van der Waals surface area (Å²) in [5.74, 6) is 0. The molecule has 0 N–H and O–H groups in total. The highest BCUT2D eigenvalue weighted by Crippen LogP contribution is 2.61. The van der Waals surface area contributed by atoms with Crippen LogP contribution in [-0.2, 0) is 0 Å². The third kappa shape index (κ3) is 3.45. The van der Waals surface area contributed by atoms with Gasteiger partial charge in [-0.05, 0) is 80.9 Å². The van der Waals surface area contributed by atoms with Gasteiger partial charge < -0.3 is 0 Å². The third-order valence-corrected chi connectivity index (χ3v) is 8.68. The molecular formula is C34H14N6S. The predicted octanol–water partition coefficient (Wildman–Crippen LogP) is 7.53. The molecule has 0 fully saturated rings. The summed E-state index contributed by atoms with van der Waals surface area (Å²) in [4.78, 5) is 9.82. The number of hydrogen-bond donors (Lipinski definition) is 0. The zero-order chi connectivity index (χ0) is 28.1. The third-order valence-electron chi connectivity index (χ3n) is 7.45. The highest BCUT2D eigenvalue weighted by atomic mass is 32.1. The van der Waals surface area contributed by atoms with Crippen molar-refractivity contribution in [2.75, 3.05) is 0 Å². The van der Waals surface area contributed by atoms with Crippen LogP contribution in [0, 0.1) is 45.3 Å². The van der Waals surface area contributed by atoms with E-state index in [9.17, 15) is 21.0 Å². The number of fused-ring (bicyclic) bond motifs is 7. The first-order valence-corrected chi connectivity index (χ1v) is 13.4. The van der Waals surface area contributed by atoms with Crippen LogP contribution in [0.3, 0.4) is 0 Å². The monoisotopic (exact) mass is 538 g/mol. The Hall–Kier alpha value is -6.12. The number of nitriles is 4. The number of benzene rings is 2. The number of rotatable bonds is 2. The summed E-state index contributed by atoms with van der Waals surface area (Å²) in [6.07, 6.45) is 6.91. The molecule has 7 heteroatoms. The molecule has 0 aliphatic heterocycles. The van der Waals surface area contributed by atoms with E-state index in [2.05, 4.69) is 34.2 Å². The molecule has 3 heterocycles. The maximum atomic E-state index is 9.95. The molecule has 2 aliphatic rings. The number of hydrogen-bond acceptors (Lipinski definition) is 7. The fraction of sp³-hybridized carbons (Fsp3) is 0. The summed E-state index contributed by atoms with van der Waals surface area (Å²) < 4.78 is 0. The first-order valence-electron chi connectivity index (χ1n) is 12.5. The van der Waals surface area contributed by atoms with Crippen molar-refractivity contribution in [1.82, 2.24) is 9.97 Å². The molecule has 0 saturated heterocycles. The summed E-state index contributed by atoms with van der Waals surface area (Å²) in [5.41, 5.74) is 10.4. The molecule has 5 aromatic rings. The van der Waals surface area contributed by atoms with Gasteiger partial charge in [0, 0.05) is 56.8 Å². The highest BCUT2D eigenvalue weighted by Gasteiger charge is 2.39. The Balaban J connectivity index is 1.54. The quantitative estimate of drug-likeness (QED) is 0.210. The SMILES string of the molecule is N#CC(C#N)=C1c2cc(-c3ccncc3)ccc2-c2c1sc1c2-c2ccc(-c3ccncc3)cc2C1=C(C#N)C#N. The van der Waals surface area contributed by atoms with E-state index in [0.717, 1.165) is 65.4 Å². The van der Waals surface area contributed by atoms with Crippen molar-refractivity contribution in [3.63, 3.8) is 0 Å². The van der Waals surface area contributed by atoms with E-state index in [1.54, 1.807) is 24.8 Å². The largest absolute Gasteiger partial charge is 0.265 e. The van der Waals surface area contributed by atoms with Crippen LogP contribution in [-0.4, -0.2) is 9.97 Å². The Morgan fingerprint density at radius 3 is 1.24 bits per heavy atom. The molecule has 0 saturated carbocycles. The van der Waals surface area contributed by atoms with Crippen molar-refractivity contribution in [3.8, 4) is 68.8 Å². The van der Waals surface area contributed by atoms with E-state index >= 15 is 0 Å². The van der Waals surface area contributed by atoms with Crippen molar-refractivity contribution in [2.24, 2.45) is 0 Å². The van der Waals surface area contributed by atoms with Gasteiger partial charge in [-0.2, -0.15) is 21.0 Å². The molecule has 0 bridgehead atoms. The van der Waals surface area contributed by atoms with Crippen LogP contribution in [0.15, 0.2) is 96.6 Å². The van der Waals surface area contributed by atoms with Gasteiger partial charge in [0.1, 0.15) is 35.4 Å². The minimum Gasteiger partial charge on any atom is -0.265 e. The first-order chi connectivity index (χ1) is 20.2. The van der Waals surface area contributed by atoms with Crippen LogP contribution in [0.25, 0.3) is 55.7 Å². The second kappa shape index (κ2) is 9.26. The Morgan fingerprint density at radius 1 is 0.488 bits per heavy atom. The minimum atomic E-state index is 0.0244. The van der Waals surface area contributed by atoms with Crippen LogP contribution in [0.4, 0.5) is 0 Å².